The van der Waals surface area contributed by atoms with Gasteiger partial charge in [-0.1, -0.05) is 36.1 Å². The fraction of sp³-hybridized carbons (Fsp3) is 0.0476. The second-order valence-corrected chi connectivity index (χ2v) is 8.03. The molecular formula is C21H16N2O3S. The minimum Gasteiger partial charge on any atom is -0.508 e. The number of aromatic hydroxyl groups is 1. The molecule has 27 heavy (non-hydrogen) atoms. The van der Waals surface area contributed by atoms with Crippen molar-refractivity contribution in [1.82, 2.24) is 4.98 Å². The minimum atomic E-state index is -2.85. The number of nitrogens with zero attached hydrogens (tertiary/aromatic N) is 2. The monoisotopic (exact) mass is 376 g/mol. The molecule has 0 saturated carbocycles. The van der Waals surface area contributed by atoms with Crippen LogP contribution in [0.4, 0.5) is 0 Å². The molecule has 1 aromatic heterocycles. The number of phenolic OH excluding ortho intramolecular Hbond substituents is 1. The van der Waals surface area contributed by atoms with E-state index in [9.17, 15) is 14.1 Å². The fourth-order valence-corrected chi connectivity index (χ4v) is 3.48. The van der Waals surface area contributed by atoms with Crippen LogP contribution in [0.15, 0.2) is 82.3 Å². The van der Waals surface area contributed by atoms with Crippen molar-refractivity contribution in [2.75, 3.05) is 6.26 Å². The summed E-state index contributed by atoms with van der Waals surface area (Å²) >= 11 is 0. The Morgan fingerprint density at radius 2 is 1.74 bits per heavy atom. The number of benzene rings is 2. The normalized spacial score (nSPS) is 12.3. The Kier molecular flexibility index (Phi) is 5.34. The van der Waals surface area contributed by atoms with Gasteiger partial charge in [0.25, 0.3) is 5.91 Å². The minimum absolute atomic E-state index is 0.126. The Balaban J connectivity index is 1.89. The molecule has 3 aromatic rings. The lowest BCUT2D eigenvalue weighted by molar-refractivity contribution is 0.100. The third-order valence-corrected chi connectivity index (χ3v) is 5.28. The van der Waals surface area contributed by atoms with Gasteiger partial charge in [0.1, 0.15) is 5.75 Å². The molecule has 0 bridgehead atoms. The topological polar surface area (TPSA) is 79.6 Å². The molecular weight excluding hydrogens is 360 g/mol. The van der Waals surface area contributed by atoms with Gasteiger partial charge in [0.2, 0.25) is 0 Å². The van der Waals surface area contributed by atoms with E-state index >= 15 is 0 Å². The molecule has 3 rings (SSSR count). The number of rotatable bonds is 2. The lowest BCUT2D eigenvalue weighted by Crippen LogP contribution is -2.04. The van der Waals surface area contributed by atoms with Gasteiger partial charge in [0.15, 0.2) is 0 Å². The van der Waals surface area contributed by atoms with Crippen molar-refractivity contribution < 1.29 is 14.1 Å². The smallest absolute Gasteiger partial charge is 0.286 e. The number of aromatic nitrogens is 1. The van der Waals surface area contributed by atoms with Crippen molar-refractivity contribution in [2.45, 2.75) is 4.90 Å². The van der Waals surface area contributed by atoms with Crippen molar-refractivity contribution in [3.05, 3.63) is 89.7 Å². The van der Waals surface area contributed by atoms with Crippen molar-refractivity contribution >= 4 is 15.6 Å². The van der Waals surface area contributed by atoms with E-state index in [-0.39, 0.29) is 11.3 Å². The summed E-state index contributed by atoms with van der Waals surface area (Å²) in [5.41, 5.74) is 1.36. The Bertz CT molecular complexity index is 1170. The standard InChI is InChI=1S/C21H16N2O3S/c1-27(26,20-8-3-2-4-9-20)23-21(25)18-12-17(14-22-15-18)11-10-16-6-5-7-19(24)13-16/h2-9,12-15,24H,1H3. The molecule has 2 aromatic carbocycles. The first-order chi connectivity index (χ1) is 12.9. The summed E-state index contributed by atoms with van der Waals surface area (Å²) in [5, 5.41) is 9.46. The van der Waals surface area contributed by atoms with Gasteiger partial charge in [-0.15, -0.1) is 0 Å². The van der Waals surface area contributed by atoms with Crippen molar-refractivity contribution in [2.24, 2.45) is 4.36 Å². The highest BCUT2D eigenvalue weighted by Crippen LogP contribution is 2.13. The molecule has 0 fully saturated rings. The average molecular weight is 376 g/mol. The quantitative estimate of drug-likeness (QED) is 0.695. The Morgan fingerprint density at radius 1 is 1.00 bits per heavy atom. The Labute approximate surface area is 157 Å². The first-order valence-electron chi connectivity index (χ1n) is 8.02. The van der Waals surface area contributed by atoms with E-state index in [2.05, 4.69) is 21.2 Å². The molecule has 0 aliphatic carbocycles. The van der Waals surface area contributed by atoms with E-state index in [1.165, 1.54) is 24.7 Å². The second-order valence-electron chi connectivity index (χ2n) is 5.77. The fourth-order valence-electron chi connectivity index (χ4n) is 2.29. The summed E-state index contributed by atoms with van der Waals surface area (Å²) in [6.45, 7) is 0. The highest BCUT2D eigenvalue weighted by molar-refractivity contribution is 7.93. The van der Waals surface area contributed by atoms with Crippen LogP contribution in [-0.2, 0) is 9.73 Å². The van der Waals surface area contributed by atoms with Crippen LogP contribution in [0.3, 0.4) is 0 Å². The molecule has 5 nitrogen and oxygen atoms in total. The van der Waals surface area contributed by atoms with Crippen LogP contribution in [-0.4, -0.2) is 26.5 Å². The summed E-state index contributed by atoms with van der Waals surface area (Å²) in [7, 11) is -2.85. The number of pyridine rings is 1. The lowest BCUT2D eigenvalue weighted by atomic mass is 10.1. The number of hydrogen-bond acceptors (Lipinski definition) is 4. The lowest BCUT2D eigenvalue weighted by Gasteiger charge is -2.03. The van der Waals surface area contributed by atoms with Crippen LogP contribution in [0, 0.1) is 11.8 Å². The summed E-state index contributed by atoms with van der Waals surface area (Å²) < 4.78 is 16.6. The molecule has 0 aliphatic heterocycles. The largest absolute Gasteiger partial charge is 0.508 e. The van der Waals surface area contributed by atoms with E-state index in [0.29, 0.717) is 16.0 Å². The Morgan fingerprint density at radius 3 is 2.48 bits per heavy atom. The van der Waals surface area contributed by atoms with Gasteiger partial charge < -0.3 is 5.11 Å². The maximum atomic E-state index is 12.7. The SMILES string of the molecule is CS(=O)(=NC(=O)c1cncc(C#Cc2cccc(O)c2)c1)c1ccccc1. The van der Waals surface area contributed by atoms with E-state index in [1.54, 1.807) is 54.6 Å². The molecule has 1 N–H and O–H groups in total. The first kappa shape index (κ1) is 18.4. The molecule has 1 unspecified atom stereocenters. The highest BCUT2D eigenvalue weighted by Gasteiger charge is 2.11. The number of amides is 1. The maximum Gasteiger partial charge on any atom is 0.286 e. The number of carbonyl (C=O) groups excluding carboxylic acids is 1. The average Bonchev–Trinajstić information content (AvgIpc) is 2.67. The summed E-state index contributed by atoms with van der Waals surface area (Å²) in [5.74, 6) is 5.30. The van der Waals surface area contributed by atoms with Crippen LogP contribution in [0.1, 0.15) is 21.5 Å². The third-order valence-electron chi connectivity index (χ3n) is 3.62. The number of phenols is 1. The highest BCUT2D eigenvalue weighted by atomic mass is 32.2. The predicted octanol–water partition coefficient (Wildman–Crippen LogP) is 3.48. The van der Waals surface area contributed by atoms with Crippen LogP contribution in [0.5, 0.6) is 5.75 Å². The zero-order valence-electron chi connectivity index (χ0n) is 14.5. The van der Waals surface area contributed by atoms with Crippen molar-refractivity contribution in [1.29, 1.82) is 0 Å². The third kappa shape index (κ3) is 4.81. The van der Waals surface area contributed by atoms with Gasteiger partial charge in [-0.25, -0.2) is 4.21 Å². The van der Waals surface area contributed by atoms with Crippen LogP contribution in [0.25, 0.3) is 0 Å². The van der Waals surface area contributed by atoms with Gasteiger partial charge in [-0.2, -0.15) is 4.36 Å². The van der Waals surface area contributed by atoms with Crippen LogP contribution in [0.2, 0.25) is 0 Å². The van der Waals surface area contributed by atoms with Crippen LogP contribution < -0.4 is 0 Å². The molecule has 1 amide bonds. The number of carbonyl (C=O) groups is 1. The molecule has 1 heterocycles. The second kappa shape index (κ2) is 7.85. The molecule has 0 saturated heterocycles. The molecule has 1 atom stereocenters. The summed E-state index contributed by atoms with van der Waals surface area (Å²) in [6.07, 6.45) is 4.32. The molecule has 0 aliphatic rings. The zero-order valence-corrected chi connectivity index (χ0v) is 15.3. The van der Waals surface area contributed by atoms with Gasteiger partial charge in [0, 0.05) is 34.7 Å². The molecule has 6 heteroatoms. The summed E-state index contributed by atoms with van der Waals surface area (Å²) in [4.78, 5) is 16.9. The van der Waals surface area contributed by atoms with E-state index < -0.39 is 15.6 Å². The maximum absolute atomic E-state index is 12.7. The first-order valence-corrected chi connectivity index (χ1v) is 9.94. The van der Waals surface area contributed by atoms with E-state index in [1.807, 2.05) is 0 Å². The summed E-state index contributed by atoms with van der Waals surface area (Å²) in [6, 6.07) is 16.8. The van der Waals surface area contributed by atoms with Gasteiger partial charge in [0.05, 0.1) is 15.3 Å². The number of hydrogen-bond donors (Lipinski definition) is 1. The zero-order chi connectivity index (χ0) is 19.3. The molecule has 0 radical (unpaired) electrons. The molecule has 0 spiro atoms. The molecule has 134 valence electrons. The van der Waals surface area contributed by atoms with E-state index in [0.717, 1.165) is 0 Å². The Hall–Kier alpha value is -3.43. The van der Waals surface area contributed by atoms with Gasteiger partial charge in [-0.3, -0.25) is 9.78 Å². The van der Waals surface area contributed by atoms with Crippen molar-refractivity contribution in [3.8, 4) is 17.6 Å². The van der Waals surface area contributed by atoms with Crippen molar-refractivity contribution in [3.63, 3.8) is 0 Å². The van der Waals surface area contributed by atoms with E-state index in [4.69, 9.17) is 0 Å². The van der Waals surface area contributed by atoms with Gasteiger partial charge in [-0.05, 0) is 36.4 Å². The van der Waals surface area contributed by atoms with Gasteiger partial charge >= 0.3 is 0 Å². The predicted molar refractivity (Wildman–Crippen MR) is 104 cm³/mol. The van der Waals surface area contributed by atoms with Crippen LogP contribution >= 0.6 is 0 Å².